The van der Waals surface area contributed by atoms with Crippen molar-refractivity contribution >= 4 is 17.0 Å². The minimum atomic E-state index is -0.396. The fourth-order valence-electron chi connectivity index (χ4n) is 2.70. The Morgan fingerprint density at radius 1 is 1.12 bits per heavy atom. The van der Waals surface area contributed by atoms with Crippen LogP contribution in [0.15, 0.2) is 57.7 Å². The molecule has 2 aromatic carbocycles. The SMILES string of the molecule is Cn1c(=O)oc2ccc(CC(=O)NCCCc3ccccc3)cc21. The molecule has 0 aliphatic carbocycles. The number of hydrogen-bond acceptors (Lipinski definition) is 3. The molecule has 3 rings (SSSR count). The topological polar surface area (TPSA) is 64.2 Å². The Bertz CT molecular complexity index is 894. The second-order valence-electron chi connectivity index (χ2n) is 5.84. The Morgan fingerprint density at radius 3 is 2.71 bits per heavy atom. The largest absolute Gasteiger partial charge is 0.419 e. The van der Waals surface area contributed by atoms with Crippen molar-refractivity contribution in [3.63, 3.8) is 0 Å². The Morgan fingerprint density at radius 2 is 1.92 bits per heavy atom. The van der Waals surface area contributed by atoms with E-state index in [1.165, 1.54) is 10.1 Å². The minimum Gasteiger partial charge on any atom is -0.408 e. The highest BCUT2D eigenvalue weighted by molar-refractivity contribution is 5.81. The first-order chi connectivity index (χ1) is 11.6. The number of carbonyl (C=O) groups is 1. The van der Waals surface area contributed by atoms with Crippen LogP contribution in [0.5, 0.6) is 0 Å². The molecule has 0 aliphatic heterocycles. The number of oxazole rings is 1. The van der Waals surface area contributed by atoms with Gasteiger partial charge in [0.1, 0.15) is 0 Å². The molecule has 0 saturated carbocycles. The van der Waals surface area contributed by atoms with Crippen molar-refractivity contribution in [2.45, 2.75) is 19.3 Å². The molecule has 1 aromatic heterocycles. The summed E-state index contributed by atoms with van der Waals surface area (Å²) in [7, 11) is 1.65. The maximum absolute atomic E-state index is 12.0. The van der Waals surface area contributed by atoms with Crippen LogP contribution in [-0.4, -0.2) is 17.0 Å². The summed E-state index contributed by atoms with van der Waals surface area (Å²) in [5, 5.41) is 2.94. The van der Waals surface area contributed by atoms with Crippen LogP contribution >= 0.6 is 0 Å². The van der Waals surface area contributed by atoms with Crippen LogP contribution in [0.1, 0.15) is 17.5 Å². The Hall–Kier alpha value is -2.82. The summed E-state index contributed by atoms with van der Waals surface area (Å²) in [6.07, 6.45) is 2.15. The van der Waals surface area contributed by atoms with E-state index in [2.05, 4.69) is 17.4 Å². The van der Waals surface area contributed by atoms with E-state index in [4.69, 9.17) is 4.42 Å². The van der Waals surface area contributed by atoms with Crippen molar-refractivity contribution < 1.29 is 9.21 Å². The number of aryl methyl sites for hydroxylation is 2. The highest BCUT2D eigenvalue weighted by Crippen LogP contribution is 2.14. The predicted octanol–water partition coefficient (Wildman–Crippen LogP) is 2.42. The van der Waals surface area contributed by atoms with Gasteiger partial charge in [-0.15, -0.1) is 0 Å². The number of nitrogens with zero attached hydrogens (tertiary/aromatic N) is 1. The van der Waals surface area contributed by atoms with Gasteiger partial charge >= 0.3 is 5.76 Å². The summed E-state index contributed by atoms with van der Waals surface area (Å²) in [5.41, 5.74) is 3.38. The van der Waals surface area contributed by atoms with Gasteiger partial charge in [-0.2, -0.15) is 0 Å². The van der Waals surface area contributed by atoms with Crippen molar-refractivity contribution in [2.75, 3.05) is 6.54 Å². The lowest BCUT2D eigenvalue weighted by atomic mass is 10.1. The summed E-state index contributed by atoms with van der Waals surface area (Å²) >= 11 is 0. The van der Waals surface area contributed by atoms with Crippen molar-refractivity contribution in [3.8, 4) is 0 Å². The fraction of sp³-hybridized carbons (Fsp3) is 0.263. The quantitative estimate of drug-likeness (QED) is 0.708. The third kappa shape index (κ3) is 3.74. The van der Waals surface area contributed by atoms with Crippen molar-refractivity contribution in [2.24, 2.45) is 7.05 Å². The monoisotopic (exact) mass is 324 g/mol. The predicted molar refractivity (Wildman–Crippen MR) is 92.9 cm³/mol. The summed E-state index contributed by atoms with van der Waals surface area (Å²) < 4.78 is 6.53. The zero-order chi connectivity index (χ0) is 16.9. The number of hydrogen-bond donors (Lipinski definition) is 1. The van der Waals surface area contributed by atoms with Gasteiger partial charge in [0.05, 0.1) is 11.9 Å². The molecule has 0 bridgehead atoms. The average molecular weight is 324 g/mol. The lowest BCUT2D eigenvalue weighted by Crippen LogP contribution is -2.26. The zero-order valence-electron chi connectivity index (χ0n) is 13.6. The number of aromatic nitrogens is 1. The second-order valence-corrected chi connectivity index (χ2v) is 5.84. The summed E-state index contributed by atoms with van der Waals surface area (Å²) in [5.74, 6) is -0.413. The molecule has 0 atom stereocenters. The number of amides is 1. The summed E-state index contributed by atoms with van der Waals surface area (Å²) in [4.78, 5) is 23.5. The van der Waals surface area contributed by atoms with Gasteiger partial charge in [0.25, 0.3) is 0 Å². The minimum absolute atomic E-state index is 0.0177. The van der Waals surface area contributed by atoms with Gasteiger partial charge in [0.2, 0.25) is 5.91 Å². The second kappa shape index (κ2) is 7.17. The number of fused-ring (bicyclic) bond motifs is 1. The van der Waals surface area contributed by atoms with E-state index in [0.717, 1.165) is 18.4 Å². The maximum Gasteiger partial charge on any atom is 0.419 e. The lowest BCUT2D eigenvalue weighted by molar-refractivity contribution is -0.120. The van der Waals surface area contributed by atoms with Crippen LogP contribution < -0.4 is 11.1 Å². The number of benzene rings is 2. The van der Waals surface area contributed by atoms with Gasteiger partial charge < -0.3 is 9.73 Å². The molecule has 0 spiro atoms. The van der Waals surface area contributed by atoms with E-state index in [9.17, 15) is 9.59 Å². The van der Waals surface area contributed by atoms with Crippen molar-refractivity contribution in [1.29, 1.82) is 0 Å². The first kappa shape index (κ1) is 16.1. The van der Waals surface area contributed by atoms with Crippen LogP contribution in [0.4, 0.5) is 0 Å². The number of carbonyl (C=O) groups excluding carboxylic acids is 1. The average Bonchev–Trinajstić information content (AvgIpc) is 2.87. The highest BCUT2D eigenvalue weighted by atomic mass is 16.4. The normalized spacial score (nSPS) is 10.9. The number of nitrogens with one attached hydrogen (secondary N) is 1. The molecule has 124 valence electrons. The molecule has 0 unspecified atom stereocenters. The fourth-order valence-corrected chi connectivity index (χ4v) is 2.70. The van der Waals surface area contributed by atoms with Crippen LogP contribution in [0, 0.1) is 0 Å². The molecule has 5 nitrogen and oxygen atoms in total. The lowest BCUT2D eigenvalue weighted by Gasteiger charge is -2.06. The Balaban J connectivity index is 1.51. The summed E-state index contributed by atoms with van der Waals surface area (Å²) in [6.45, 7) is 0.653. The molecule has 0 fully saturated rings. The molecule has 0 saturated heterocycles. The van der Waals surface area contributed by atoms with Crippen LogP contribution in [-0.2, 0) is 24.7 Å². The van der Waals surface area contributed by atoms with Crippen molar-refractivity contribution in [3.05, 3.63) is 70.2 Å². The van der Waals surface area contributed by atoms with Gasteiger partial charge in [-0.05, 0) is 36.1 Å². The third-order valence-electron chi connectivity index (χ3n) is 4.03. The van der Waals surface area contributed by atoms with E-state index in [-0.39, 0.29) is 5.91 Å². The number of rotatable bonds is 6. The molecule has 0 aliphatic rings. The van der Waals surface area contributed by atoms with Gasteiger partial charge in [-0.25, -0.2) is 4.79 Å². The standard InChI is InChI=1S/C19H20N2O3/c1-21-16-12-15(9-10-17(16)24-19(21)23)13-18(22)20-11-5-8-14-6-3-2-4-7-14/h2-4,6-7,9-10,12H,5,8,11,13H2,1H3,(H,20,22). The molecule has 1 amide bonds. The Labute approximate surface area is 139 Å². The highest BCUT2D eigenvalue weighted by Gasteiger charge is 2.09. The molecule has 3 aromatic rings. The first-order valence-corrected chi connectivity index (χ1v) is 8.02. The molecule has 1 heterocycles. The van der Waals surface area contributed by atoms with Gasteiger partial charge in [0, 0.05) is 13.6 Å². The third-order valence-corrected chi connectivity index (χ3v) is 4.03. The van der Waals surface area contributed by atoms with Gasteiger partial charge in [0.15, 0.2) is 5.58 Å². The summed E-state index contributed by atoms with van der Waals surface area (Å²) in [6, 6.07) is 15.6. The zero-order valence-corrected chi connectivity index (χ0v) is 13.6. The van der Waals surface area contributed by atoms with Crippen molar-refractivity contribution in [1.82, 2.24) is 9.88 Å². The maximum atomic E-state index is 12.0. The van der Waals surface area contributed by atoms with E-state index in [0.29, 0.717) is 24.1 Å². The molecular formula is C19H20N2O3. The first-order valence-electron chi connectivity index (χ1n) is 8.02. The van der Waals surface area contributed by atoms with Crippen LogP contribution in [0.25, 0.3) is 11.1 Å². The molecule has 1 N–H and O–H groups in total. The van der Waals surface area contributed by atoms with Gasteiger partial charge in [-0.1, -0.05) is 36.4 Å². The van der Waals surface area contributed by atoms with E-state index in [1.807, 2.05) is 30.3 Å². The van der Waals surface area contributed by atoms with E-state index in [1.54, 1.807) is 13.1 Å². The smallest absolute Gasteiger partial charge is 0.408 e. The van der Waals surface area contributed by atoms with E-state index >= 15 is 0 Å². The molecular weight excluding hydrogens is 304 g/mol. The van der Waals surface area contributed by atoms with Gasteiger partial charge in [-0.3, -0.25) is 9.36 Å². The molecule has 5 heteroatoms. The molecule has 0 radical (unpaired) electrons. The Kier molecular flexibility index (Phi) is 4.79. The van der Waals surface area contributed by atoms with E-state index < -0.39 is 5.76 Å². The molecule has 24 heavy (non-hydrogen) atoms. The van der Waals surface area contributed by atoms with Crippen LogP contribution in [0.3, 0.4) is 0 Å². The van der Waals surface area contributed by atoms with Crippen LogP contribution in [0.2, 0.25) is 0 Å².